The van der Waals surface area contributed by atoms with Crippen molar-refractivity contribution in [2.75, 3.05) is 24.3 Å². The van der Waals surface area contributed by atoms with Crippen LogP contribution in [0.25, 0.3) is 10.1 Å². The van der Waals surface area contributed by atoms with Gasteiger partial charge in [0.25, 0.3) is 5.91 Å². The fraction of sp³-hybridized carbons (Fsp3) is 0.160. The van der Waals surface area contributed by atoms with E-state index < -0.39 is 6.16 Å². The van der Waals surface area contributed by atoms with Gasteiger partial charge < -0.3 is 24.8 Å². The Morgan fingerprint density at radius 2 is 1.94 bits per heavy atom. The highest BCUT2D eigenvalue weighted by molar-refractivity contribution is 7.17. The number of nitrogens with two attached hydrogens (primary N) is 1. The van der Waals surface area contributed by atoms with Crippen LogP contribution in [0.2, 0.25) is 5.02 Å². The van der Waals surface area contributed by atoms with Crippen LogP contribution in [0, 0.1) is 0 Å². The van der Waals surface area contributed by atoms with E-state index in [9.17, 15) is 9.59 Å². The third kappa shape index (κ3) is 5.47. The van der Waals surface area contributed by atoms with Gasteiger partial charge in [-0.2, -0.15) is 0 Å². The molecular weight excluding hydrogens is 490 g/mol. The molecule has 0 saturated carbocycles. The number of ether oxygens (including phenoxy) is 3. The van der Waals surface area contributed by atoms with Crippen LogP contribution in [0.4, 0.5) is 16.3 Å². The van der Waals surface area contributed by atoms with Gasteiger partial charge in [-0.3, -0.25) is 4.79 Å². The zero-order valence-corrected chi connectivity index (χ0v) is 20.6. The van der Waals surface area contributed by atoms with E-state index in [0.717, 1.165) is 11.3 Å². The number of hydrogen-bond acceptors (Lipinski definition) is 8. The Kier molecular flexibility index (Phi) is 7.38. The first-order valence-corrected chi connectivity index (χ1v) is 11.9. The number of nitrogens with zero attached hydrogens (tertiary/aromatic N) is 2. The minimum Gasteiger partial charge on any atom is -0.489 e. The molecule has 2 heterocycles. The molecule has 0 saturated heterocycles. The number of aromatic nitrogens is 1. The van der Waals surface area contributed by atoms with Crippen LogP contribution >= 0.6 is 22.9 Å². The summed E-state index contributed by atoms with van der Waals surface area (Å²) in [4.78, 5) is 30.4. The van der Waals surface area contributed by atoms with Gasteiger partial charge in [0.2, 0.25) is 0 Å². The van der Waals surface area contributed by atoms with Gasteiger partial charge in [0.1, 0.15) is 18.2 Å². The normalized spacial score (nSPS) is 10.7. The van der Waals surface area contributed by atoms with E-state index in [2.05, 4.69) is 4.98 Å². The lowest BCUT2D eigenvalue weighted by atomic mass is 10.1. The number of carbonyl (C=O) groups excluding carboxylic acids is 2. The maximum absolute atomic E-state index is 13.0. The van der Waals surface area contributed by atoms with Crippen molar-refractivity contribution in [1.29, 1.82) is 0 Å². The Hall–Kier alpha value is -3.82. The topological polar surface area (TPSA) is 104 Å². The Bertz CT molecular complexity index is 1370. The highest BCUT2D eigenvalue weighted by atomic mass is 35.5. The van der Waals surface area contributed by atoms with Crippen LogP contribution in [-0.4, -0.2) is 30.7 Å². The highest BCUT2D eigenvalue weighted by Crippen LogP contribution is 2.37. The monoisotopic (exact) mass is 511 g/mol. The number of thiophene rings is 1. The quantitative estimate of drug-likeness (QED) is 0.307. The van der Waals surface area contributed by atoms with Crippen LogP contribution in [0.3, 0.4) is 0 Å². The molecule has 0 radical (unpaired) electrons. The van der Waals surface area contributed by atoms with Gasteiger partial charge in [-0.05, 0) is 54.8 Å². The summed E-state index contributed by atoms with van der Waals surface area (Å²) in [5.74, 6) is 0.893. The molecule has 0 bridgehead atoms. The molecule has 0 fully saturated rings. The third-order valence-corrected chi connectivity index (χ3v) is 6.41. The number of amides is 1. The number of anilines is 2. The van der Waals surface area contributed by atoms with Crippen molar-refractivity contribution in [1.82, 2.24) is 4.98 Å². The second-order valence-corrected chi connectivity index (χ2v) is 8.73. The van der Waals surface area contributed by atoms with Gasteiger partial charge in [-0.1, -0.05) is 17.7 Å². The van der Waals surface area contributed by atoms with Crippen molar-refractivity contribution in [3.63, 3.8) is 0 Å². The summed E-state index contributed by atoms with van der Waals surface area (Å²) in [6.07, 6.45) is 0.582. The van der Waals surface area contributed by atoms with Crippen molar-refractivity contribution in [2.45, 2.75) is 13.5 Å². The number of pyridine rings is 1. The van der Waals surface area contributed by atoms with E-state index in [1.807, 2.05) is 5.38 Å². The second kappa shape index (κ2) is 10.6. The molecule has 35 heavy (non-hydrogen) atoms. The van der Waals surface area contributed by atoms with Crippen molar-refractivity contribution >= 4 is 56.6 Å². The lowest BCUT2D eigenvalue weighted by Crippen LogP contribution is -2.26. The van der Waals surface area contributed by atoms with E-state index in [1.54, 1.807) is 67.4 Å². The van der Waals surface area contributed by atoms with E-state index >= 15 is 0 Å². The van der Waals surface area contributed by atoms with Crippen LogP contribution in [0.1, 0.15) is 22.8 Å². The van der Waals surface area contributed by atoms with E-state index in [-0.39, 0.29) is 24.9 Å². The molecule has 0 unspecified atom stereocenters. The number of fused-ring (bicyclic) bond motifs is 1. The maximum Gasteiger partial charge on any atom is 0.513 e. The van der Waals surface area contributed by atoms with Crippen LogP contribution in [0.5, 0.6) is 11.5 Å². The lowest BCUT2D eigenvalue weighted by molar-refractivity contribution is 0.0991. The van der Waals surface area contributed by atoms with Crippen LogP contribution in [-0.2, 0) is 11.3 Å². The molecule has 4 aromatic rings. The van der Waals surface area contributed by atoms with Crippen molar-refractivity contribution in [3.05, 3.63) is 76.3 Å². The number of hydrogen-bond donors (Lipinski definition) is 1. The molecule has 2 N–H and O–H groups in total. The van der Waals surface area contributed by atoms with Crippen molar-refractivity contribution in [2.24, 2.45) is 0 Å². The van der Waals surface area contributed by atoms with Gasteiger partial charge in [0.05, 0.1) is 17.5 Å². The Morgan fingerprint density at radius 1 is 1.17 bits per heavy atom. The van der Waals surface area contributed by atoms with Gasteiger partial charge in [0, 0.05) is 34.3 Å². The largest absolute Gasteiger partial charge is 0.513 e. The average molecular weight is 512 g/mol. The molecule has 10 heteroatoms. The molecule has 0 atom stereocenters. The molecule has 2 aromatic carbocycles. The fourth-order valence-corrected chi connectivity index (χ4v) is 4.51. The Labute approximate surface area is 210 Å². The minimum absolute atomic E-state index is 0.180. The highest BCUT2D eigenvalue weighted by Gasteiger charge is 2.18. The molecule has 1 amide bonds. The predicted octanol–water partition coefficient (Wildman–Crippen LogP) is 5.92. The summed E-state index contributed by atoms with van der Waals surface area (Å²) >= 11 is 7.30. The summed E-state index contributed by atoms with van der Waals surface area (Å²) in [5.41, 5.74) is 8.07. The smallest absolute Gasteiger partial charge is 0.489 e. The summed E-state index contributed by atoms with van der Waals surface area (Å²) < 4.78 is 16.7. The molecule has 0 aliphatic heterocycles. The third-order valence-electron chi connectivity index (χ3n) is 5.12. The lowest BCUT2D eigenvalue weighted by Gasteiger charge is -2.18. The van der Waals surface area contributed by atoms with Crippen LogP contribution < -0.4 is 20.1 Å². The van der Waals surface area contributed by atoms with Gasteiger partial charge in [0.15, 0.2) is 5.75 Å². The first-order valence-electron chi connectivity index (χ1n) is 10.6. The molecule has 0 aliphatic carbocycles. The zero-order valence-electron chi connectivity index (χ0n) is 19.0. The molecule has 4 rings (SSSR count). The second-order valence-electron chi connectivity index (χ2n) is 7.41. The van der Waals surface area contributed by atoms with E-state index in [4.69, 9.17) is 31.5 Å². The molecule has 0 aliphatic rings. The van der Waals surface area contributed by atoms with E-state index in [1.165, 1.54) is 17.5 Å². The van der Waals surface area contributed by atoms with Crippen molar-refractivity contribution in [3.8, 4) is 11.5 Å². The van der Waals surface area contributed by atoms with Crippen LogP contribution in [0.15, 0.2) is 60.1 Å². The Balaban J connectivity index is 1.51. The number of nitrogen functional groups attached to an aromatic ring is 1. The maximum atomic E-state index is 13.0. The van der Waals surface area contributed by atoms with E-state index in [0.29, 0.717) is 32.2 Å². The fourth-order valence-electron chi connectivity index (χ4n) is 3.38. The number of halogens is 1. The summed E-state index contributed by atoms with van der Waals surface area (Å²) in [5, 5.41) is 3.11. The summed E-state index contributed by atoms with van der Waals surface area (Å²) in [6.45, 7) is 2.07. The average Bonchev–Trinajstić information content (AvgIpc) is 3.30. The first-order chi connectivity index (χ1) is 16.9. The van der Waals surface area contributed by atoms with Gasteiger partial charge in [-0.15, -0.1) is 11.3 Å². The molecule has 180 valence electrons. The molecule has 2 aromatic heterocycles. The molecular formula is C25H22ClN3O5S. The summed E-state index contributed by atoms with van der Waals surface area (Å²) in [7, 11) is 1.70. The molecule has 8 nitrogen and oxygen atoms in total. The van der Waals surface area contributed by atoms with Gasteiger partial charge >= 0.3 is 6.16 Å². The number of benzene rings is 2. The summed E-state index contributed by atoms with van der Waals surface area (Å²) in [6, 6.07) is 13.9. The standard InChI is InChI=1S/C25H22ClN3O5S/c1-3-32-25(31)34-20-12-28-23(27)21-16(14-35-22(20)21)13-33-19-6-4-5-15(11-19)24(30)29(2)18-9-7-17(26)8-10-18/h4-12,14H,3,13H2,1-2H3,(H2,27,28). The minimum atomic E-state index is -0.809. The number of rotatable bonds is 7. The SMILES string of the molecule is CCOC(=O)Oc1cnc(N)c2c(COc3cccc(C(=O)N(C)c4ccc(Cl)cc4)c3)csc12. The van der Waals surface area contributed by atoms with Gasteiger partial charge in [-0.25, -0.2) is 9.78 Å². The Morgan fingerprint density at radius 3 is 2.69 bits per heavy atom. The first kappa shape index (κ1) is 24.3. The zero-order chi connectivity index (χ0) is 24.9. The predicted molar refractivity (Wildman–Crippen MR) is 137 cm³/mol. The van der Waals surface area contributed by atoms with Crippen molar-refractivity contribution < 1.29 is 23.8 Å². The number of carbonyl (C=O) groups is 2. The molecule has 0 spiro atoms.